The Morgan fingerprint density at radius 2 is 1.91 bits per heavy atom. The fourth-order valence-corrected chi connectivity index (χ4v) is 9.01. The number of hydrogen-bond acceptors (Lipinski definition) is 12. The number of anilines is 1. The normalized spacial score (nSPS) is 43.2. The minimum Gasteiger partial charge on any atom is -0.446 e. The molecule has 4 heterocycles. The molecule has 0 unspecified atom stereocenters. The summed E-state index contributed by atoms with van der Waals surface area (Å²) in [7, 11) is 3.70. The third-order valence-corrected chi connectivity index (χ3v) is 10.7. The molecule has 5 saturated carbocycles. The van der Waals surface area contributed by atoms with Crippen molar-refractivity contribution in [1.29, 1.82) is 0 Å². The number of aromatic nitrogens is 4. The lowest BCUT2D eigenvalue weighted by Crippen LogP contribution is -2.59. The maximum atomic E-state index is 13.2. The fourth-order valence-electron chi connectivity index (χ4n) is 9.01. The molecule has 4 bridgehead atoms. The van der Waals surface area contributed by atoms with Gasteiger partial charge in [0, 0.05) is 38.8 Å². The summed E-state index contributed by atoms with van der Waals surface area (Å²) in [5.74, 6) is 1.27. The lowest BCUT2D eigenvalue weighted by Gasteiger charge is -2.57. The first kappa shape index (κ1) is 27.9. The summed E-state index contributed by atoms with van der Waals surface area (Å²) in [5, 5.41) is 24.0. The molecule has 2 saturated heterocycles. The van der Waals surface area contributed by atoms with E-state index in [-0.39, 0.29) is 0 Å². The Kier molecular flexibility index (Phi) is 6.62. The van der Waals surface area contributed by atoms with Crippen LogP contribution in [-0.2, 0) is 24.0 Å². The molecule has 0 aromatic carbocycles. The summed E-state index contributed by atoms with van der Waals surface area (Å²) >= 11 is 0. The number of aliphatic hydroxyl groups excluding tert-OH is 2. The summed E-state index contributed by atoms with van der Waals surface area (Å²) in [6.45, 7) is -0.416. The Labute approximate surface area is 248 Å². The van der Waals surface area contributed by atoms with Crippen LogP contribution in [0.4, 0.5) is 10.6 Å². The number of aliphatic hydroxyl groups is 2. The molecule has 7 fully saturated rings. The summed E-state index contributed by atoms with van der Waals surface area (Å²) in [6.07, 6.45) is 7.10. The molecular weight excluding hydrogens is 560 g/mol. The number of nitrogens with one attached hydrogen (secondary N) is 1. The Bertz CT molecular complexity index is 1360. The van der Waals surface area contributed by atoms with Gasteiger partial charge >= 0.3 is 6.09 Å². The van der Waals surface area contributed by atoms with Gasteiger partial charge in [-0.15, -0.1) is 0 Å². The number of carbonyl (C=O) groups excluding carboxylic acids is 1. The Morgan fingerprint density at radius 3 is 2.63 bits per heavy atom. The van der Waals surface area contributed by atoms with Gasteiger partial charge in [0.05, 0.1) is 19.0 Å². The number of ether oxygens (including phenoxy) is 3. The van der Waals surface area contributed by atoms with Crippen molar-refractivity contribution in [2.24, 2.45) is 23.7 Å². The molecule has 43 heavy (non-hydrogen) atoms. The molecule has 14 nitrogen and oxygen atoms in total. The minimum atomic E-state index is -1.20. The van der Waals surface area contributed by atoms with E-state index >= 15 is 0 Å². The van der Waals surface area contributed by atoms with E-state index in [9.17, 15) is 15.0 Å². The van der Waals surface area contributed by atoms with Gasteiger partial charge in [-0.3, -0.25) is 4.57 Å². The van der Waals surface area contributed by atoms with Crippen LogP contribution in [0.5, 0.6) is 0 Å². The first-order chi connectivity index (χ1) is 20.8. The summed E-state index contributed by atoms with van der Waals surface area (Å²) in [6, 6.07) is -0.925. The fraction of sp³-hybridized carbons (Fsp3) is 0.793. The molecule has 1 amide bonds. The van der Waals surface area contributed by atoms with Gasteiger partial charge in [-0.1, -0.05) is 0 Å². The number of hydrogen-bond donors (Lipinski definition) is 3. The quantitative estimate of drug-likeness (QED) is 0.429. The molecule has 3 N–H and O–H groups in total. The van der Waals surface area contributed by atoms with Crippen LogP contribution in [0.25, 0.3) is 11.2 Å². The molecule has 14 heteroatoms. The summed E-state index contributed by atoms with van der Waals surface area (Å²) in [4.78, 5) is 40.2. The van der Waals surface area contributed by atoms with Crippen molar-refractivity contribution in [2.45, 2.75) is 99.9 Å². The van der Waals surface area contributed by atoms with Crippen molar-refractivity contribution in [1.82, 2.24) is 24.8 Å². The number of alkyl carbamates (subject to hydrolysis) is 1. The SMILES string of the molecule is CN(C)c1ncnc2c1ncn2[C@@H]1O[C@H](CO)[C@@H](NC(=O)O[C@H]2CCC[C@@]3(C2)OOC2(O3)C3CC4CC(C3)CC2C4)[C@H]1O. The lowest BCUT2D eigenvalue weighted by molar-refractivity contribution is -0.390. The van der Waals surface area contributed by atoms with E-state index < -0.39 is 54.9 Å². The Balaban J connectivity index is 0.932. The van der Waals surface area contributed by atoms with Crippen LogP contribution in [0.1, 0.15) is 64.0 Å². The molecule has 2 spiro atoms. The highest BCUT2D eigenvalue weighted by Gasteiger charge is 2.67. The maximum Gasteiger partial charge on any atom is 0.407 e. The Hall–Kier alpha value is -2.62. The highest BCUT2D eigenvalue weighted by atomic mass is 17.3. The second-order valence-corrected chi connectivity index (χ2v) is 13.7. The monoisotopic (exact) mass is 600 g/mol. The second kappa shape index (κ2) is 10.2. The first-order valence-electron chi connectivity index (χ1n) is 15.6. The largest absolute Gasteiger partial charge is 0.446 e. The third kappa shape index (κ3) is 4.44. The predicted octanol–water partition coefficient (Wildman–Crippen LogP) is 2.01. The van der Waals surface area contributed by atoms with E-state index in [0.29, 0.717) is 48.1 Å². The number of imidazole rings is 1. The van der Waals surface area contributed by atoms with Gasteiger partial charge in [-0.2, -0.15) is 9.78 Å². The molecule has 234 valence electrons. The van der Waals surface area contributed by atoms with Crippen LogP contribution in [-0.4, -0.2) is 92.5 Å². The van der Waals surface area contributed by atoms with Gasteiger partial charge < -0.3 is 34.6 Å². The van der Waals surface area contributed by atoms with E-state index in [0.717, 1.165) is 43.9 Å². The lowest BCUT2D eigenvalue weighted by atomic mass is 9.53. The van der Waals surface area contributed by atoms with Crippen LogP contribution in [0.15, 0.2) is 12.7 Å². The smallest absolute Gasteiger partial charge is 0.407 e. The van der Waals surface area contributed by atoms with Crippen molar-refractivity contribution in [2.75, 3.05) is 25.6 Å². The molecular formula is C29H40N6O8. The first-order valence-corrected chi connectivity index (χ1v) is 15.6. The number of carbonyl (C=O) groups is 1. The zero-order valence-corrected chi connectivity index (χ0v) is 24.5. The summed E-state index contributed by atoms with van der Waals surface area (Å²) in [5.41, 5.74) is 1.01. The Morgan fingerprint density at radius 1 is 1.14 bits per heavy atom. The molecule has 5 aliphatic carbocycles. The molecule has 2 aromatic heterocycles. The number of amides is 1. The maximum absolute atomic E-state index is 13.2. The van der Waals surface area contributed by atoms with Gasteiger partial charge in [-0.25, -0.2) is 19.7 Å². The highest BCUT2D eigenvalue weighted by molar-refractivity contribution is 5.83. The van der Waals surface area contributed by atoms with Crippen LogP contribution < -0.4 is 10.2 Å². The van der Waals surface area contributed by atoms with Crippen molar-refractivity contribution < 1.29 is 39.0 Å². The van der Waals surface area contributed by atoms with Crippen LogP contribution in [0.2, 0.25) is 0 Å². The second-order valence-electron chi connectivity index (χ2n) is 13.7. The van der Waals surface area contributed by atoms with Gasteiger partial charge in [0.1, 0.15) is 24.6 Å². The van der Waals surface area contributed by atoms with E-state index in [1.807, 2.05) is 19.0 Å². The minimum absolute atomic E-state index is 0.355. The van der Waals surface area contributed by atoms with Crippen molar-refractivity contribution in [3.8, 4) is 0 Å². The average Bonchev–Trinajstić information content (AvgIpc) is 3.66. The van der Waals surface area contributed by atoms with Crippen molar-refractivity contribution >= 4 is 23.1 Å². The van der Waals surface area contributed by atoms with E-state index in [1.165, 1.54) is 19.1 Å². The standard InChI is InChI=1S/C29H40N6O8/c1-34(2)24-22-25(31-13-30-24)35(14-32-22)26-23(37)21(20(12-36)40-26)33-27(38)39-19-4-3-5-28(11-19)41-29(43-42-28)17-7-15-6-16(9-17)10-18(29)8-15/h13-21,23,26,36-37H,3-12H2,1-2H3,(H,33,38)/t15?,16?,17?,18?,19-,20+,21+,23+,26+,28-,29?/m0/s1. The van der Waals surface area contributed by atoms with Gasteiger partial charge in [-0.05, 0) is 56.8 Å². The molecule has 7 aliphatic rings. The number of nitrogens with zero attached hydrogens (tertiary/aromatic N) is 5. The molecule has 6 atom stereocenters. The van der Waals surface area contributed by atoms with Crippen LogP contribution in [0.3, 0.4) is 0 Å². The van der Waals surface area contributed by atoms with Crippen molar-refractivity contribution in [3.05, 3.63) is 12.7 Å². The van der Waals surface area contributed by atoms with E-state index in [4.69, 9.17) is 24.0 Å². The van der Waals surface area contributed by atoms with Gasteiger partial charge in [0.25, 0.3) is 0 Å². The average molecular weight is 601 g/mol. The van der Waals surface area contributed by atoms with Gasteiger partial charge in [0.2, 0.25) is 11.6 Å². The van der Waals surface area contributed by atoms with E-state index in [2.05, 4.69) is 20.3 Å². The van der Waals surface area contributed by atoms with Gasteiger partial charge in [0.15, 0.2) is 23.2 Å². The zero-order valence-electron chi connectivity index (χ0n) is 24.5. The molecule has 0 radical (unpaired) electrons. The summed E-state index contributed by atoms with van der Waals surface area (Å²) < 4.78 is 20.2. The van der Waals surface area contributed by atoms with Crippen LogP contribution in [0, 0.1) is 23.7 Å². The number of fused-ring (bicyclic) bond motifs is 1. The van der Waals surface area contributed by atoms with E-state index in [1.54, 1.807) is 4.57 Å². The molecule has 2 aromatic rings. The predicted molar refractivity (Wildman–Crippen MR) is 148 cm³/mol. The molecule has 2 aliphatic heterocycles. The third-order valence-electron chi connectivity index (χ3n) is 10.7. The highest BCUT2D eigenvalue weighted by Crippen LogP contribution is 2.63. The van der Waals surface area contributed by atoms with Crippen LogP contribution >= 0.6 is 0 Å². The topological polar surface area (TPSA) is 163 Å². The zero-order chi connectivity index (χ0) is 29.5. The van der Waals surface area contributed by atoms with Crippen molar-refractivity contribution in [3.63, 3.8) is 0 Å². The number of rotatable bonds is 5. The molecule has 9 rings (SSSR count).